The van der Waals surface area contributed by atoms with Crippen molar-refractivity contribution in [1.82, 2.24) is 15.1 Å². The van der Waals surface area contributed by atoms with E-state index in [0.29, 0.717) is 11.0 Å². The van der Waals surface area contributed by atoms with E-state index in [4.69, 9.17) is 11.6 Å². The van der Waals surface area contributed by atoms with Gasteiger partial charge in [-0.3, -0.25) is 4.90 Å². The summed E-state index contributed by atoms with van der Waals surface area (Å²) in [6.07, 6.45) is -8.14. The molecule has 0 aromatic carbocycles. The van der Waals surface area contributed by atoms with Crippen molar-refractivity contribution in [3.8, 4) is 0 Å². The Morgan fingerprint density at radius 2 is 1.90 bits per heavy atom. The second-order valence-electron chi connectivity index (χ2n) is 4.00. The summed E-state index contributed by atoms with van der Waals surface area (Å²) in [5, 5.41) is 24.7. The van der Waals surface area contributed by atoms with E-state index in [1.165, 1.54) is 7.05 Å². The fraction of sp³-hybridized carbons (Fsp3) is 0.444. The Kier molecular flexibility index (Phi) is 3.48. The molecule has 20 heavy (non-hydrogen) atoms. The highest BCUT2D eigenvalue weighted by Gasteiger charge is 2.45. The van der Waals surface area contributed by atoms with Crippen molar-refractivity contribution in [1.29, 1.82) is 0 Å². The number of hydrogen-bond donors (Lipinski definition) is 2. The van der Waals surface area contributed by atoms with E-state index in [0.717, 1.165) is 4.90 Å². The maximum absolute atomic E-state index is 12.7. The lowest BCUT2D eigenvalue weighted by Gasteiger charge is -2.19. The smallest absolute Gasteiger partial charge is 0.369 e. The molecule has 2 rings (SSSR count). The summed E-state index contributed by atoms with van der Waals surface area (Å²) in [6.45, 7) is 0. The predicted molar refractivity (Wildman–Crippen MR) is 59.7 cm³/mol. The second kappa shape index (κ2) is 4.72. The summed E-state index contributed by atoms with van der Waals surface area (Å²) in [5.41, 5.74) is -1.30. The van der Waals surface area contributed by atoms with Crippen LogP contribution in [-0.2, 0) is 6.18 Å². The van der Waals surface area contributed by atoms with E-state index in [9.17, 15) is 28.2 Å². The minimum Gasteiger partial charge on any atom is -0.369 e. The molecule has 2 unspecified atom stereocenters. The molecule has 1 aromatic rings. The predicted octanol–water partition coefficient (Wildman–Crippen LogP) is 0.657. The topological polar surface area (TPSA) is 89.8 Å². The molecule has 2 atom stereocenters. The molecule has 0 radical (unpaired) electrons. The molecular formula is C9H8ClF3N4O3. The first-order valence-electron chi connectivity index (χ1n) is 5.17. The number of aromatic nitrogens is 2. The van der Waals surface area contributed by atoms with Crippen molar-refractivity contribution in [3.05, 3.63) is 16.8 Å². The average Bonchev–Trinajstić information content (AvgIpc) is 2.54. The van der Waals surface area contributed by atoms with Gasteiger partial charge in [-0.15, -0.1) is 10.2 Å². The summed E-state index contributed by atoms with van der Waals surface area (Å²) in [4.78, 5) is 13.0. The van der Waals surface area contributed by atoms with Crippen LogP contribution in [0.3, 0.4) is 0 Å². The Labute approximate surface area is 115 Å². The van der Waals surface area contributed by atoms with Gasteiger partial charge >= 0.3 is 12.2 Å². The van der Waals surface area contributed by atoms with Gasteiger partial charge in [-0.1, -0.05) is 11.6 Å². The summed E-state index contributed by atoms with van der Waals surface area (Å²) in [6, 6.07) is -0.447. The molecule has 0 spiro atoms. The number of amides is 2. The van der Waals surface area contributed by atoms with Crippen molar-refractivity contribution < 1.29 is 28.2 Å². The molecule has 2 amide bonds. The molecule has 7 nitrogen and oxygen atoms in total. The van der Waals surface area contributed by atoms with Gasteiger partial charge in [-0.2, -0.15) is 13.2 Å². The molecular weight excluding hydrogens is 305 g/mol. The SMILES string of the molecule is CN1C(=O)N(c2cc(C(F)(F)F)c(Cl)nn2)C(O)C1O. The number of aliphatic hydroxyl groups excluding tert-OH is 2. The Hall–Kier alpha value is -1.65. The lowest BCUT2D eigenvalue weighted by molar-refractivity contribution is -0.137. The van der Waals surface area contributed by atoms with Crippen molar-refractivity contribution in [3.63, 3.8) is 0 Å². The number of aliphatic hydroxyl groups is 2. The van der Waals surface area contributed by atoms with Gasteiger partial charge in [0, 0.05) is 7.05 Å². The van der Waals surface area contributed by atoms with Crippen LogP contribution in [-0.4, -0.2) is 50.8 Å². The van der Waals surface area contributed by atoms with E-state index < -0.39 is 41.2 Å². The third kappa shape index (κ3) is 2.25. The van der Waals surface area contributed by atoms with Crippen LogP contribution in [0.4, 0.5) is 23.8 Å². The quantitative estimate of drug-likeness (QED) is 0.795. The number of urea groups is 1. The molecule has 1 saturated heterocycles. The van der Waals surface area contributed by atoms with Gasteiger partial charge in [0.1, 0.15) is 0 Å². The first kappa shape index (κ1) is 14.8. The van der Waals surface area contributed by atoms with Gasteiger partial charge in [-0.05, 0) is 6.07 Å². The van der Waals surface area contributed by atoms with Crippen LogP contribution >= 0.6 is 11.6 Å². The molecule has 1 fully saturated rings. The number of halogens is 4. The third-order valence-electron chi connectivity index (χ3n) is 2.72. The van der Waals surface area contributed by atoms with Crippen LogP contribution < -0.4 is 4.90 Å². The first-order chi connectivity index (χ1) is 9.14. The fourth-order valence-corrected chi connectivity index (χ4v) is 1.85. The number of rotatable bonds is 1. The summed E-state index contributed by atoms with van der Waals surface area (Å²) in [5.74, 6) is -0.567. The molecule has 1 aromatic heterocycles. The van der Waals surface area contributed by atoms with Gasteiger partial charge in [-0.25, -0.2) is 9.69 Å². The largest absolute Gasteiger partial charge is 0.419 e. The van der Waals surface area contributed by atoms with Crippen LogP contribution in [0.25, 0.3) is 0 Å². The Morgan fingerprint density at radius 1 is 1.30 bits per heavy atom. The van der Waals surface area contributed by atoms with E-state index in [1.54, 1.807) is 0 Å². The average molecular weight is 313 g/mol. The van der Waals surface area contributed by atoms with Gasteiger partial charge in [0.25, 0.3) is 0 Å². The third-order valence-corrected chi connectivity index (χ3v) is 3.00. The lowest BCUT2D eigenvalue weighted by Crippen LogP contribution is -2.37. The van der Waals surface area contributed by atoms with Crippen molar-refractivity contribution in [2.24, 2.45) is 0 Å². The number of likely N-dealkylation sites (N-methyl/N-ethyl adjacent to an activating group) is 1. The maximum Gasteiger partial charge on any atom is 0.419 e. The highest BCUT2D eigenvalue weighted by Crippen LogP contribution is 2.36. The van der Waals surface area contributed by atoms with Gasteiger partial charge < -0.3 is 10.2 Å². The molecule has 0 saturated carbocycles. The molecule has 2 heterocycles. The summed E-state index contributed by atoms with van der Waals surface area (Å²) >= 11 is 5.30. The van der Waals surface area contributed by atoms with E-state index >= 15 is 0 Å². The number of carbonyl (C=O) groups excluding carboxylic acids is 1. The van der Waals surface area contributed by atoms with Gasteiger partial charge in [0.2, 0.25) is 0 Å². The van der Waals surface area contributed by atoms with Crippen molar-refractivity contribution in [2.45, 2.75) is 18.6 Å². The Balaban J connectivity index is 2.47. The summed E-state index contributed by atoms with van der Waals surface area (Å²) < 4.78 is 38.1. The van der Waals surface area contributed by atoms with Crippen LogP contribution in [0.2, 0.25) is 5.15 Å². The zero-order valence-electron chi connectivity index (χ0n) is 9.84. The normalized spacial score (nSPS) is 23.6. The second-order valence-corrected chi connectivity index (χ2v) is 4.35. The molecule has 2 N–H and O–H groups in total. The number of anilines is 1. The molecule has 110 valence electrons. The Morgan fingerprint density at radius 3 is 2.35 bits per heavy atom. The number of hydrogen-bond acceptors (Lipinski definition) is 5. The van der Waals surface area contributed by atoms with E-state index in [2.05, 4.69) is 10.2 Å². The lowest BCUT2D eigenvalue weighted by atomic mass is 10.3. The highest BCUT2D eigenvalue weighted by atomic mass is 35.5. The molecule has 11 heteroatoms. The number of carbonyl (C=O) groups is 1. The monoisotopic (exact) mass is 312 g/mol. The number of alkyl halides is 3. The van der Waals surface area contributed by atoms with Crippen molar-refractivity contribution in [2.75, 3.05) is 11.9 Å². The van der Waals surface area contributed by atoms with Crippen LogP contribution in [0.5, 0.6) is 0 Å². The molecule has 0 aliphatic carbocycles. The first-order valence-corrected chi connectivity index (χ1v) is 5.55. The van der Waals surface area contributed by atoms with E-state index in [-0.39, 0.29) is 0 Å². The minimum atomic E-state index is -4.79. The van der Waals surface area contributed by atoms with E-state index in [1.807, 2.05) is 0 Å². The molecule has 1 aliphatic rings. The molecule has 1 aliphatic heterocycles. The zero-order valence-corrected chi connectivity index (χ0v) is 10.6. The minimum absolute atomic E-state index is 0.475. The Bertz CT molecular complexity index is 556. The maximum atomic E-state index is 12.7. The van der Waals surface area contributed by atoms with Gasteiger partial charge in [0.15, 0.2) is 23.4 Å². The van der Waals surface area contributed by atoms with Crippen LogP contribution in [0.15, 0.2) is 6.07 Å². The van der Waals surface area contributed by atoms with Crippen molar-refractivity contribution >= 4 is 23.4 Å². The number of nitrogens with zero attached hydrogens (tertiary/aromatic N) is 4. The van der Waals surface area contributed by atoms with Gasteiger partial charge in [0.05, 0.1) is 5.56 Å². The standard InChI is InChI=1S/C9H8ClF3N4O3/c1-16-6(18)7(19)17(8(16)20)4-2-3(9(11,12)13)5(10)15-14-4/h2,6-7,18-19H,1H3. The van der Waals surface area contributed by atoms with Crippen LogP contribution in [0.1, 0.15) is 5.56 Å². The zero-order chi connectivity index (χ0) is 15.2. The fourth-order valence-electron chi connectivity index (χ4n) is 1.65. The highest BCUT2D eigenvalue weighted by molar-refractivity contribution is 6.30. The van der Waals surface area contributed by atoms with Crippen LogP contribution in [0, 0.1) is 0 Å². The molecule has 0 bridgehead atoms. The summed E-state index contributed by atoms with van der Waals surface area (Å²) in [7, 11) is 1.17.